The normalized spacial score (nSPS) is 17.5. The predicted octanol–water partition coefficient (Wildman–Crippen LogP) is 0.208. The molecule has 1 unspecified atom stereocenters. The van der Waals surface area contributed by atoms with E-state index in [1.54, 1.807) is 0 Å². The number of nitrogens with zero attached hydrogens (tertiary/aromatic N) is 1. The summed E-state index contributed by atoms with van der Waals surface area (Å²) in [7, 11) is 2.01. The maximum atomic E-state index is 5.91. The van der Waals surface area contributed by atoms with Gasteiger partial charge in [-0.2, -0.15) is 0 Å². The van der Waals surface area contributed by atoms with Crippen LogP contribution in [0, 0.1) is 5.92 Å². The molecule has 3 heteroatoms. The van der Waals surface area contributed by atoms with Gasteiger partial charge >= 0.3 is 0 Å². The number of likely N-dealkylation sites (N-methyl/N-ethyl adjacent to an activating group) is 1. The Labute approximate surface area is 69.7 Å². The molecule has 68 valence electrons. The van der Waals surface area contributed by atoms with Crippen LogP contribution < -0.4 is 11.5 Å². The van der Waals surface area contributed by atoms with Crippen molar-refractivity contribution >= 4 is 0 Å². The molecule has 0 radical (unpaired) electrons. The van der Waals surface area contributed by atoms with Crippen molar-refractivity contribution < 1.29 is 0 Å². The summed E-state index contributed by atoms with van der Waals surface area (Å²) in [5.74, 6) is 0.634. The van der Waals surface area contributed by atoms with Gasteiger partial charge in [0.15, 0.2) is 0 Å². The van der Waals surface area contributed by atoms with Crippen LogP contribution in [0.2, 0.25) is 0 Å². The number of rotatable bonds is 4. The first-order valence-corrected chi connectivity index (χ1v) is 4.10. The molecule has 0 saturated heterocycles. The second-order valence-corrected chi connectivity index (χ2v) is 3.84. The maximum Gasteiger partial charge on any atom is 0.0781 e. The highest BCUT2D eigenvalue weighted by atomic mass is 15.3. The van der Waals surface area contributed by atoms with Gasteiger partial charge in [0.1, 0.15) is 0 Å². The third-order valence-electron chi connectivity index (χ3n) is 1.92. The summed E-state index contributed by atoms with van der Waals surface area (Å²) in [5.41, 5.74) is 11.1. The van der Waals surface area contributed by atoms with Crippen LogP contribution in [-0.2, 0) is 0 Å². The van der Waals surface area contributed by atoms with Crippen molar-refractivity contribution in [3.05, 3.63) is 0 Å². The highest BCUT2D eigenvalue weighted by molar-refractivity contribution is 4.78. The van der Waals surface area contributed by atoms with E-state index in [9.17, 15) is 0 Å². The van der Waals surface area contributed by atoms with Gasteiger partial charge in [0.05, 0.1) is 5.66 Å². The molecule has 4 N–H and O–H groups in total. The molecule has 0 amide bonds. The molecule has 11 heavy (non-hydrogen) atoms. The molecule has 0 aliphatic carbocycles. The second kappa shape index (κ2) is 4.04. The van der Waals surface area contributed by atoms with Crippen LogP contribution in [0.5, 0.6) is 0 Å². The van der Waals surface area contributed by atoms with Gasteiger partial charge in [-0.1, -0.05) is 13.8 Å². The van der Waals surface area contributed by atoms with Crippen LogP contribution in [0.4, 0.5) is 0 Å². The van der Waals surface area contributed by atoms with Gasteiger partial charge in [0.25, 0.3) is 0 Å². The molecule has 0 fully saturated rings. The summed E-state index contributed by atoms with van der Waals surface area (Å²) in [6, 6.07) is 0. The van der Waals surface area contributed by atoms with Crippen LogP contribution in [0.3, 0.4) is 0 Å². The highest BCUT2D eigenvalue weighted by Gasteiger charge is 2.21. The van der Waals surface area contributed by atoms with Gasteiger partial charge in [-0.05, 0) is 19.9 Å². The third kappa shape index (κ3) is 3.70. The van der Waals surface area contributed by atoms with Crippen LogP contribution in [0.15, 0.2) is 0 Å². The summed E-state index contributed by atoms with van der Waals surface area (Å²) in [6.07, 6.45) is 0. The Hall–Kier alpha value is -0.120. The first kappa shape index (κ1) is 10.9. The van der Waals surface area contributed by atoms with Gasteiger partial charge in [0.2, 0.25) is 0 Å². The van der Waals surface area contributed by atoms with Gasteiger partial charge in [-0.15, -0.1) is 0 Å². The van der Waals surface area contributed by atoms with Gasteiger partial charge in [-0.3, -0.25) is 4.90 Å². The molecule has 0 rings (SSSR count). The fraction of sp³-hybridized carbons (Fsp3) is 1.00. The van der Waals surface area contributed by atoms with Crippen LogP contribution >= 0.6 is 0 Å². The predicted molar refractivity (Wildman–Crippen MR) is 49.1 cm³/mol. The van der Waals surface area contributed by atoms with Crippen molar-refractivity contribution in [2.24, 2.45) is 17.4 Å². The summed E-state index contributed by atoms with van der Waals surface area (Å²) in [6.45, 7) is 7.78. The van der Waals surface area contributed by atoms with E-state index in [0.717, 1.165) is 6.54 Å². The highest BCUT2D eigenvalue weighted by Crippen LogP contribution is 2.06. The number of hydrogen-bond donors (Lipinski definition) is 2. The summed E-state index contributed by atoms with van der Waals surface area (Å²) >= 11 is 0. The van der Waals surface area contributed by atoms with Gasteiger partial charge in [-0.25, -0.2) is 0 Å². The quantitative estimate of drug-likeness (QED) is 0.576. The average Bonchev–Trinajstić information content (AvgIpc) is 1.86. The molecular weight excluding hydrogens is 138 g/mol. The van der Waals surface area contributed by atoms with E-state index in [4.69, 9.17) is 11.5 Å². The molecule has 3 nitrogen and oxygen atoms in total. The SMILES string of the molecule is CC(C)CN(C)C(C)(N)CN. The van der Waals surface area contributed by atoms with E-state index >= 15 is 0 Å². The first-order valence-electron chi connectivity index (χ1n) is 4.10. The largest absolute Gasteiger partial charge is 0.328 e. The first-order chi connectivity index (χ1) is 4.90. The van der Waals surface area contributed by atoms with Crippen LogP contribution in [0.25, 0.3) is 0 Å². The minimum Gasteiger partial charge on any atom is -0.328 e. The Bertz CT molecular complexity index is 110. The van der Waals surface area contributed by atoms with Crippen molar-refractivity contribution in [3.63, 3.8) is 0 Å². The minimum absolute atomic E-state index is 0.357. The van der Waals surface area contributed by atoms with E-state index < -0.39 is 0 Å². The van der Waals surface area contributed by atoms with E-state index in [0.29, 0.717) is 12.5 Å². The lowest BCUT2D eigenvalue weighted by atomic mass is 10.1. The minimum atomic E-state index is -0.357. The van der Waals surface area contributed by atoms with E-state index in [2.05, 4.69) is 18.7 Å². The van der Waals surface area contributed by atoms with Crippen molar-refractivity contribution in [1.82, 2.24) is 4.90 Å². The van der Waals surface area contributed by atoms with Crippen LogP contribution in [0.1, 0.15) is 20.8 Å². The zero-order valence-electron chi connectivity index (χ0n) is 8.09. The third-order valence-corrected chi connectivity index (χ3v) is 1.92. The fourth-order valence-electron chi connectivity index (χ4n) is 0.912. The number of nitrogens with two attached hydrogens (primary N) is 2. The molecule has 0 aliphatic heterocycles. The zero-order valence-corrected chi connectivity index (χ0v) is 8.09. The zero-order chi connectivity index (χ0) is 9.07. The standard InChI is InChI=1S/C8H21N3/c1-7(2)5-11(4)8(3,10)6-9/h7H,5-6,9-10H2,1-4H3. The van der Waals surface area contributed by atoms with Crippen molar-refractivity contribution in [1.29, 1.82) is 0 Å². The Morgan fingerprint density at radius 3 is 2.18 bits per heavy atom. The smallest absolute Gasteiger partial charge is 0.0781 e. The summed E-state index contributed by atoms with van der Waals surface area (Å²) < 4.78 is 0. The lowest BCUT2D eigenvalue weighted by Gasteiger charge is -2.35. The van der Waals surface area contributed by atoms with Crippen LogP contribution in [-0.4, -0.2) is 30.7 Å². The lowest BCUT2D eigenvalue weighted by molar-refractivity contribution is 0.135. The maximum absolute atomic E-state index is 5.91. The molecule has 1 atom stereocenters. The second-order valence-electron chi connectivity index (χ2n) is 3.84. The van der Waals surface area contributed by atoms with Crippen molar-refractivity contribution in [3.8, 4) is 0 Å². The van der Waals surface area contributed by atoms with Crippen molar-refractivity contribution in [2.75, 3.05) is 20.1 Å². The Balaban J connectivity index is 3.90. The Kier molecular flexibility index (Phi) is 4.00. The van der Waals surface area contributed by atoms with Gasteiger partial charge in [0, 0.05) is 13.1 Å². The molecule has 0 aliphatic rings. The molecule has 0 aromatic heterocycles. The molecule has 0 aromatic rings. The van der Waals surface area contributed by atoms with E-state index in [1.165, 1.54) is 0 Å². The molecule has 0 saturated carbocycles. The topological polar surface area (TPSA) is 55.3 Å². The average molecular weight is 159 g/mol. The van der Waals surface area contributed by atoms with E-state index in [-0.39, 0.29) is 5.66 Å². The fourth-order valence-corrected chi connectivity index (χ4v) is 0.912. The lowest BCUT2D eigenvalue weighted by Crippen LogP contribution is -2.57. The summed E-state index contributed by atoms with van der Waals surface area (Å²) in [5, 5.41) is 0. The monoisotopic (exact) mass is 159 g/mol. The van der Waals surface area contributed by atoms with Gasteiger partial charge < -0.3 is 11.5 Å². The molecule has 0 aromatic carbocycles. The summed E-state index contributed by atoms with van der Waals surface area (Å²) in [4.78, 5) is 2.09. The number of hydrogen-bond acceptors (Lipinski definition) is 3. The molecule has 0 bridgehead atoms. The van der Waals surface area contributed by atoms with E-state index in [1.807, 2.05) is 14.0 Å². The Morgan fingerprint density at radius 2 is 1.91 bits per heavy atom. The van der Waals surface area contributed by atoms with Crippen molar-refractivity contribution in [2.45, 2.75) is 26.4 Å². The Morgan fingerprint density at radius 1 is 1.45 bits per heavy atom. The molecule has 0 heterocycles. The molecule has 0 spiro atoms. The molecular formula is C8H21N3.